The lowest BCUT2D eigenvalue weighted by molar-refractivity contribution is -0.687. The fourth-order valence-corrected chi connectivity index (χ4v) is 1.44. The van der Waals surface area contributed by atoms with Gasteiger partial charge >= 0.3 is 0 Å². The van der Waals surface area contributed by atoms with E-state index >= 15 is 0 Å². The third kappa shape index (κ3) is 1.96. The van der Waals surface area contributed by atoms with Crippen LogP contribution in [-0.4, -0.2) is 4.98 Å². The zero-order valence-corrected chi connectivity index (χ0v) is 7.70. The Morgan fingerprint density at radius 3 is 3.00 bits per heavy atom. The minimum Gasteiger partial charge on any atom is -0.250 e. The summed E-state index contributed by atoms with van der Waals surface area (Å²) < 4.78 is 2.12. The summed E-state index contributed by atoms with van der Waals surface area (Å²) in [6.45, 7) is 3.05. The van der Waals surface area contributed by atoms with E-state index in [0.29, 0.717) is 0 Å². The molecular formula is C11H13N2+. The summed E-state index contributed by atoms with van der Waals surface area (Å²) in [6.07, 6.45) is 5.92. The summed E-state index contributed by atoms with van der Waals surface area (Å²) in [5, 5.41) is 0. The molecule has 1 aromatic heterocycles. The molecule has 0 aliphatic rings. The molecule has 2 nitrogen and oxygen atoms in total. The summed E-state index contributed by atoms with van der Waals surface area (Å²) in [5.74, 6) is 0. The van der Waals surface area contributed by atoms with Crippen molar-refractivity contribution in [2.75, 3.05) is 0 Å². The number of H-pyrrole nitrogens is 1. The van der Waals surface area contributed by atoms with Crippen molar-refractivity contribution in [2.45, 2.75) is 13.5 Å². The number of imidazole rings is 1. The second-order valence-electron chi connectivity index (χ2n) is 3.27. The Bertz CT molecular complexity index is 377. The topological polar surface area (TPSA) is 19.7 Å². The zero-order chi connectivity index (χ0) is 9.10. The van der Waals surface area contributed by atoms with Crippen LogP contribution in [0.3, 0.4) is 0 Å². The highest BCUT2D eigenvalue weighted by Crippen LogP contribution is 2.02. The van der Waals surface area contributed by atoms with Crippen LogP contribution >= 0.6 is 0 Å². The molecule has 0 saturated heterocycles. The molecule has 2 heteroatoms. The van der Waals surface area contributed by atoms with Crippen LogP contribution in [0.1, 0.15) is 11.1 Å². The number of aromatic amines is 1. The molecule has 0 radical (unpaired) electrons. The van der Waals surface area contributed by atoms with Crippen molar-refractivity contribution in [3.63, 3.8) is 0 Å². The number of rotatable bonds is 2. The summed E-state index contributed by atoms with van der Waals surface area (Å²) in [4.78, 5) is 3.03. The van der Waals surface area contributed by atoms with Crippen LogP contribution in [0.5, 0.6) is 0 Å². The highest BCUT2D eigenvalue weighted by atomic mass is 15.0. The van der Waals surface area contributed by atoms with E-state index in [1.54, 1.807) is 0 Å². The van der Waals surface area contributed by atoms with Gasteiger partial charge in [0.05, 0.1) is 0 Å². The smallest absolute Gasteiger partial charge is 0.241 e. The Morgan fingerprint density at radius 1 is 1.38 bits per heavy atom. The first-order valence-corrected chi connectivity index (χ1v) is 4.42. The van der Waals surface area contributed by atoms with Crippen LogP contribution in [0, 0.1) is 6.92 Å². The Balaban J connectivity index is 2.19. The first-order chi connectivity index (χ1) is 6.34. The van der Waals surface area contributed by atoms with E-state index in [-0.39, 0.29) is 0 Å². The predicted octanol–water partition coefficient (Wildman–Crippen LogP) is 1.66. The van der Waals surface area contributed by atoms with Gasteiger partial charge in [-0.15, -0.1) is 0 Å². The molecule has 0 spiro atoms. The molecule has 1 heterocycles. The summed E-state index contributed by atoms with van der Waals surface area (Å²) in [6, 6.07) is 8.57. The number of benzene rings is 1. The van der Waals surface area contributed by atoms with Gasteiger partial charge in [0.1, 0.15) is 18.9 Å². The van der Waals surface area contributed by atoms with E-state index in [9.17, 15) is 0 Å². The minimum absolute atomic E-state index is 0.936. The first kappa shape index (κ1) is 8.05. The van der Waals surface area contributed by atoms with Crippen LogP contribution in [-0.2, 0) is 6.54 Å². The molecule has 0 unspecified atom stereocenters. The largest absolute Gasteiger partial charge is 0.250 e. The molecule has 66 valence electrons. The van der Waals surface area contributed by atoms with Gasteiger partial charge in [-0.05, 0) is 12.5 Å². The van der Waals surface area contributed by atoms with Crippen LogP contribution in [0.15, 0.2) is 43.0 Å². The molecule has 0 aliphatic heterocycles. The van der Waals surface area contributed by atoms with Gasteiger partial charge in [-0.3, -0.25) is 4.98 Å². The van der Waals surface area contributed by atoms with E-state index in [1.165, 1.54) is 11.1 Å². The molecule has 1 N–H and O–H groups in total. The fraction of sp³-hybridized carbons (Fsp3) is 0.182. The summed E-state index contributed by atoms with van der Waals surface area (Å²) in [7, 11) is 0. The lowest BCUT2D eigenvalue weighted by Crippen LogP contribution is -2.30. The molecule has 0 saturated carbocycles. The second kappa shape index (κ2) is 3.44. The number of hydrogen-bond donors (Lipinski definition) is 1. The SMILES string of the molecule is Cc1cccc(C[n+]2cc[nH]c2)c1. The number of hydrogen-bond acceptors (Lipinski definition) is 0. The average Bonchev–Trinajstić information content (AvgIpc) is 2.57. The van der Waals surface area contributed by atoms with Crippen molar-refractivity contribution in [1.29, 1.82) is 0 Å². The highest BCUT2D eigenvalue weighted by molar-refractivity contribution is 5.21. The number of aryl methyl sites for hydroxylation is 1. The Morgan fingerprint density at radius 2 is 2.31 bits per heavy atom. The molecule has 0 aliphatic carbocycles. The van der Waals surface area contributed by atoms with Gasteiger partial charge in [0.25, 0.3) is 0 Å². The third-order valence-electron chi connectivity index (χ3n) is 2.05. The molecule has 2 rings (SSSR count). The van der Waals surface area contributed by atoms with Crippen LogP contribution in [0.2, 0.25) is 0 Å². The van der Waals surface area contributed by atoms with Crippen LogP contribution in [0.25, 0.3) is 0 Å². The van der Waals surface area contributed by atoms with Crippen molar-refractivity contribution < 1.29 is 4.57 Å². The number of nitrogens with zero attached hydrogens (tertiary/aromatic N) is 1. The second-order valence-corrected chi connectivity index (χ2v) is 3.27. The Kier molecular flexibility index (Phi) is 2.13. The van der Waals surface area contributed by atoms with Gasteiger partial charge < -0.3 is 0 Å². The van der Waals surface area contributed by atoms with Crippen molar-refractivity contribution in [3.05, 3.63) is 54.1 Å². The minimum atomic E-state index is 0.936. The lowest BCUT2D eigenvalue weighted by atomic mass is 10.1. The molecule has 0 bridgehead atoms. The van der Waals surface area contributed by atoms with Crippen molar-refractivity contribution in [2.24, 2.45) is 0 Å². The van der Waals surface area contributed by atoms with Gasteiger partial charge in [-0.2, -0.15) is 0 Å². The average molecular weight is 173 g/mol. The molecule has 1 aromatic carbocycles. The normalized spacial score (nSPS) is 10.2. The molecule has 2 aromatic rings. The van der Waals surface area contributed by atoms with E-state index < -0.39 is 0 Å². The maximum atomic E-state index is 3.03. The first-order valence-electron chi connectivity index (χ1n) is 4.42. The Labute approximate surface area is 77.9 Å². The lowest BCUT2D eigenvalue weighted by Gasteiger charge is -1.98. The standard InChI is InChI=1S/C11H12N2/c1-10-3-2-4-11(7-10)8-13-6-5-12-9-13/h2-7,9H,8H2,1H3/p+1. The van der Waals surface area contributed by atoms with Crippen molar-refractivity contribution >= 4 is 0 Å². The van der Waals surface area contributed by atoms with Crippen LogP contribution in [0.4, 0.5) is 0 Å². The molecular weight excluding hydrogens is 160 g/mol. The Hall–Kier alpha value is -1.57. The fourth-order valence-electron chi connectivity index (χ4n) is 1.44. The van der Waals surface area contributed by atoms with E-state index in [4.69, 9.17) is 0 Å². The molecule has 0 amide bonds. The monoisotopic (exact) mass is 173 g/mol. The van der Waals surface area contributed by atoms with E-state index in [2.05, 4.69) is 40.7 Å². The molecule has 13 heavy (non-hydrogen) atoms. The maximum absolute atomic E-state index is 3.03. The number of aromatic nitrogens is 2. The third-order valence-corrected chi connectivity index (χ3v) is 2.05. The van der Waals surface area contributed by atoms with Gasteiger partial charge in [-0.25, -0.2) is 4.57 Å². The predicted molar refractivity (Wildman–Crippen MR) is 51.3 cm³/mol. The van der Waals surface area contributed by atoms with Gasteiger partial charge in [0.15, 0.2) is 0 Å². The van der Waals surface area contributed by atoms with Gasteiger partial charge in [0.2, 0.25) is 6.33 Å². The van der Waals surface area contributed by atoms with Crippen molar-refractivity contribution in [1.82, 2.24) is 4.98 Å². The molecule has 0 atom stereocenters. The quantitative estimate of drug-likeness (QED) is 0.666. The maximum Gasteiger partial charge on any atom is 0.241 e. The van der Waals surface area contributed by atoms with E-state index in [1.807, 2.05) is 18.7 Å². The van der Waals surface area contributed by atoms with Crippen molar-refractivity contribution in [3.8, 4) is 0 Å². The van der Waals surface area contributed by atoms with Gasteiger partial charge in [0, 0.05) is 0 Å². The van der Waals surface area contributed by atoms with E-state index in [0.717, 1.165) is 6.54 Å². The summed E-state index contributed by atoms with van der Waals surface area (Å²) in [5.41, 5.74) is 2.65. The highest BCUT2D eigenvalue weighted by Gasteiger charge is 1.98. The summed E-state index contributed by atoms with van der Waals surface area (Å²) >= 11 is 0. The number of nitrogens with one attached hydrogen (secondary N) is 1. The zero-order valence-electron chi connectivity index (χ0n) is 7.70. The molecule has 0 fully saturated rings. The van der Waals surface area contributed by atoms with Gasteiger partial charge in [-0.1, -0.05) is 29.8 Å². The van der Waals surface area contributed by atoms with Crippen LogP contribution < -0.4 is 4.57 Å².